The average Bonchev–Trinajstić information content (AvgIpc) is 2.83. The molecule has 2 rings (SSSR count). The van der Waals surface area contributed by atoms with Gasteiger partial charge in [0.2, 0.25) is 0 Å². The Morgan fingerprint density at radius 2 is 2.10 bits per heavy atom. The molecular weight excluding hydrogens is 382 g/mol. The van der Waals surface area contributed by atoms with Crippen LogP contribution in [0.3, 0.4) is 0 Å². The minimum Gasteiger partial charge on any atom is -0.279 e. The van der Waals surface area contributed by atoms with E-state index in [1.165, 1.54) is 11.3 Å². The summed E-state index contributed by atoms with van der Waals surface area (Å²) in [5.74, 6) is 0.595. The summed E-state index contributed by atoms with van der Waals surface area (Å²) in [4.78, 5) is 0. The number of sulfonamides is 1. The second-order valence-corrected chi connectivity index (χ2v) is 8.18. The molecular formula is C13H13BrClNO2S2. The highest BCUT2D eigenvalue weighted by molar-refractivity contribution is 9.10. The van der Waals surface area contributed by atoms with Crippen molar-refractivity contribution in [2.75, 3.05) is 10.6 Å². The van der Waals surface area contributed by atoms with Crippen LogP contribution in [0.2, 0.25) is 0 Å². The van der Waals surface area contributed by atoms with E-state index in [2.05, 4.69) is 20.7 Å². The SMILES string of the molecule is O=S(=O)(Nc1cccc(CCCCl)c1)c1sccc1Br. The number of thiophene rings is 1. The Kier molecular flexibility index (Phi) is 5.49. The number of anilines is 1. The number of nitrogens with one attached hydrogen (secondary N) is 1. The molecule has 0 saturated heterocycles. The molecule has 108 valence electrons. The van der Waals surface area contributed by atoms with E-state index in [9.17, 15) is 8.42 Å². The van der Waals surface area contributed by atoms with Crippen LogP contribution in [0.15, 0.2) is 44.4 Å². The van der Waals surface area contributed by atoms with Crippen LogP contribution in [0.5, 0.6) is 0 Å². The summed E-state index contributed by atoms with van der Waals surface area (Å²) < 4.78 is 28.0. The van der Waals surface area contributed by atoms with Gasteiger partial charge in [0, 0.05) is 16.0 Å². The quantitative estimate of drug-likeness (QED) is 0.734. The zero-order valence-corrected chi connectivity index (χ0v) is 14.4. The Labute approximate surface area is 136 Å². The molecule has 1 aromatic carbocycles. The lowest BCUT2D eigenvalue weighted by molar-refractivity contribution is 0.603. The fourth-order valence-electron chi connectivity index (χ4n) is 1.73. The van der Waals surface area contributed by atoms with Crippen molar-refractivity contribution in [3.05, 3.63) is 45.7 Å². The highest BCUT2D eigenvalue weighted by Gasteiger charge is 2.19. The van der Waals surface area contributed by atoms with Crippen molar-refractivity contribution in [1.82, 2.24) is 0 Å². The Hall–Kier alpha value is -0.560. The molecule has 3 nitrogen and oxygen atoms in total. The third kappa shape index (κ3) is 3.97. The van der Waals surface area contributed by atoms with Crippen molar-refractivity contribution in [3.63, 3.8) is 0 Å². The lowest BCUT2D eigenvalue weighted by atomic mass is 10.1. The zero-order chi connectivity index (χ0) is 14.6. The van der Waals surface area contributed by atoms with Crippen LogP contribution in [-0.2, 0) is 16.4 Å². The minimum atomic E-state index is -3.54. The normalized spacial score (nSPS) is 11.5. The van der Waals surface area contributed by atoms with Gasteiger partial charge in [-0.15, -0.1) is 22.9 Å². The lowest BCUT2D eigenvalue weighted by Crippen LogP contribution is -2.12. The number of rotatable bonds is 6. The number of hydrogen-bond acceptors (Lipinski definition) is 3. The minimum absolute atomic E-state index is 0.281. The molecule has 0 amide bonds. The highest BCUT2D eigenvalue weighted by atomic mass is 79.9. The van der Waals surface area contributed by atoms with E-state index < -0.39 is 10.0 Å². The molecule has 7 heteroatoms. The van der Waals surface area contributed by atoms with Gasteiger partial charge in [0.05, 0.1) is 0 Å². The number of aryl methyl sites for hydroxylation is 1. The van der Waals surface area contributed by atoms with E-state index in [4.69, 9.17) is 11.6 Å². The number of alkyl halides is 1. The molecule has 1 aromatic heterocycles. The summed E-state index contributed by atoms with van der Waals surface area (Å²) in [6.07, 6.45) is 1.70. The van der Waals surface area contributed by atoms with Crippen LogP contribution >= 0.6 is 38.9 Å². The van der Waals surface area contributed by atoms with Gasteiger partial charge in [-0.3, -0.25) is 4.72 Å². The lowest BCUT2D eigenvalue weighted by Gasteiger charge is -2.08. The maximum absolute atomic E-state index is 12.3. The van der Waals surface area contributed by atoms with E-state index in [-0.39, 0.29) is 4.21 Å². The summed E-state index contributed by atoms with van der Waals surface area (Å²) in [7, 11) is -3.54. The summed E-state index contributed by atoms with van der Waals surface area (Å²) in [5, 5.41) is 1.73. The molecule has 0 aliphatic rings. The van der Waals surface area contributed by atoms with Gasteiger partial charge in [-0.25, -0.2) is 8.42 Å². The van der Waals surface area contributed by atoms with Gasteiger partial charge in [-0.2, -0.15) is 0 Å². The van der Waals surface area contributed by atoms with Crippen molar-refractivity contribution in [2.45, 2.75) is 17.1 Å². The summed E-state index contributed by atoms with van der Waals surface area (Å²) in [5.41, 5.74) is 1.63. The molecule has 0 atom stereocenters. The molecule has 0 saturated carbocycles. The first-order valence-electron chi connectivity index (χ1n) is 5.93. The van der Waals surface area contributed by atoms with Crippen LogP contribution in [0, 0.1) is 0 Å². The predicted octanol–water partition coefficient (Wildman–Crippen LogP) is 4.48. The molecule has 0 bridgehead atoms. The molecule has 20 heavy (non-hydrogen) atoms. The fourth-order valence-corrected chi connectivity index (χ4v) is 5.26. The van der Waals surface area contributed by atoms with E-state index in [1.807, 2.05) is 18.2 Å². The highest BCUT2D eigenvalue weighted by Crippen LogP contribution is 2.29. The first-order valence-corrected chi connectivity index (χ1v) is 9.62. The fraction of sp³-hybridized carbons (Fsp3) is 0.231. The van der Waals surface area contributed by atoms with Crippen LogP contribution in [0.1, 0.15) is 12.0 Å². The number of hydrogen-bond donors (Lipinski definition) is 1. The van der Waals surface area contributed by atoms with Crippen LogP contribution < -0.4 is 4.72 Å². The third-order valence-electron chi connectivity index (χ3n) is 2.61. The number of benzene rings is 1. The van der Waals surface area contributed by atoms with Crippen molar-refractivity contribution in [1.29, 1.82) is 0 Å². The summed E-state index contributed by atoms with van der Waals surface area (Å²) >= 11 is 10.1. The molecule has 2 aromatic rings. The van der Waals surface area contributed by atoms with E-state index in [1.54, 1.807) is 17.5 Å². The first-order chi connectivity index (χ1) is 9.53. The maximum atomic E-state index is 12.3. The smallest absolute Gasteiger partial charge is 0.272 e. The Balaban J connectivity index is 2.19. The maximum Gasteiger partial charge on any atom is 0.272 e. The standard InChI is InChI=1S/C13H13BrClNO2S2/c14-12-6-8-19-13(12)20(17,18)16-11-5-1-3-10(9-11)4-2-7-15/h1,3,5-6,8-9,16H,2,4,7H2. The monoisotopic (exact) mass is 393 g/mol. The van der Waals surface area contributed by atoms with E-state index in [0.717, 1.165) is 18.4 Å². The van der Waals surface area contributed by atoms with Gasteiger partial charge in [0.25, 0.3) is 10.0 Å². The second-order valence-electron chi connectivity index (χ2n) is 4.15. The van der Waals surface area contributed by atoms with E-state index >= 15 is 0 Å². The summed E-state index contributed by atoms with van der Waals surface area (Å²) in [6, 6.07) is 9.10. The molecule has 0 aliphatic carbocycles. The van der Waals surface area contributed by atoms with Gasteiger partial charge < -0.3 is 0 Å². The van der Waals surface area contributed by atoms with Crippen LogP contribution in [0.4, 0.5) is 5.69 Å². The topological polar surface area (TPSA) is 46.2 Å². The van der Waals surface area contributed by atoms with Crippen molar-refractivity contribution in [3.8, 4) is 0 Å². The molecule has 1 heterocycles. The molecule has 0 radical (unpaired) electrons. The van der Waals surface area contributed by atoms with Crippen molar-refractivity contribution in [2.24, 2.45) is 0 Å². The molecule has 1 N–H and O–H groups in total. The van der Waals surface area contributed by atoms with Gasteiger partial charge in [0.15, 0.2) is 4.21 Å². The average molecular weight is 395 g/mol. The Bertz CT molecular complexity index is 685. The molecule has 0 aliphatic heterocycles. The van der Waals surface area contributed by atoms with Gasteiger partial charge in [-0.05, 0) is 57.9 Å². The zero-order valence-electron chi connectivity index (χ0n) is 10.5. The number of halogens is 2. The molecule has 0 spiro atoms. The van der Waals surface area contributed by atoms with Gasteiger partial charge in [-0.1, -0.05) is 12.1 Å². The largest absolute Gasteiger partial charge is 0.279 e. The third-order valence-corrected chi connectivity index (χ3v) is 6.93. The van der Waals surface area contributed by atoms with Gasteiger partial charge in [0.1, 0.15) is 0 Å². The molecule has 0 fully saturated rings. The van der Waals surface area contributed by atoms with Crippen molar-refractivity contribution >= 4 is 54.6 Å². The first kappa shape index (κ1) is 15.8. The van der Waals surface area contributed by atoms with Gasteiger partial charge >= 0.3 is 0 Å². The molecule has 0 unspecified atom stereocenters. The predicted molar refractivity (Wildman–Crippen MR) is 88.3 cm³/mol. The Morgan fingerprint density at radius 3 is 2.75 bits per heavy atom. The Morgan fingerprint density at radius 1 is 1.30 bits per heavy atom. The van der Waals surface area contributed by atoms with Crippen molar-refractivity contribution < 1.29 is 8.42 Å². The van der Waals surface area contributed by atoms with Crippen LogP contribution in [-0.4, -0.2) is 14.3 Å². The van der Waals surface area contributed by atoms with E-state index in [0.29, 0.717) is 16.0 Å². The summed E-state index contributed by atoms with van der Waals surface area (Å²) in [6.45, 7) is 0. The second kappa shape index (κ2) is 6.93. The van der Waals surface area contributed by atoms with Crippen LogP contribution in [0.25, 0.3) is 0 Å².